The molecule has 29 heavy (non-hydrogen) atoms. The van der Waals surface area contributed by atoms with Crippen molar-refractivity contribution in [1.29, 1.82) is 0 Å². The van der Waals surface area contributed by atoms with E-state index >= 15 is 0 Å². The van der Waals surface area contributed by atoms with E-state index in [1.807, 2.05) is 30.3 Å². The molecule has 1 N–H and O–H groups in total. The molecule has 148 valence electrons. The topological polar surface area (TPSA) is 78.7 Å². The lowest BCUT2D eigenvalue weighted by Gasteiger charge is -2.34. The number of hydrogen-bond acceptors (Lipinski definition) is 5. The van der Waals surface area contributed by atoms with Gasteiger partial charge in [0.2, 0.25) is 0 Å². The van der Waals surface area contributed by atoms with Crippen LogP contribution in [0.15, 0.2) is 71.5 Å². The predicted octanol–water partition coefficient (Wildman–Crippen LogP) is 2.88. The molecule has 2 aromatic heterocycles. The van der Waals surface area contributed by atoms with Gasteiger partial charge in [0.15, 0.2) is 5.76 Å². The van der Waals surface area contributed by atoms with Crippen LogP contribution in [-0.2, 0) is 6.54 Å². The van der Waals surface area contributed by atoms with Gasteiger partial charge in [0.1, 0.15) is 5.82 Å². The molecule has 1 aliphatic rings. The fraction of sp³-hybridized carbons (Fsp3) is 0.227. The van der Waals surface area contributed by atoms with Gasteiger partial charge >= 0.3 is 0 Å². The number of piperazine rings is 1. The second-order valence-corrected chi connectivity index (χ2v) is 6.83. The largest absolute Gasteiger partial charge is 0.459 e. The fourth-order valence-corrected chi connectivity index (χ4v) is 3.30. The minimum Gasteiger partial charge on any atom is -0.459 e. The molecule has 7 heteroatoms. The molecule has 0 unspecified atom stereocenters. The highest BCUT2D eigenvalue weighted by molar-refractivity contribution is 5.95. The number of carbonyl (C=O) groups is 2. The molecule has 1 aliphatic heterocycles. The summed E-state index contributed by atoms with van der Waals surface area (Å²) in [5, 5.41) is 3.25. The van der Waals surface area contributed by atoms with Crippen LogP contribution in [0.2, 0.25) is 0 Å². The van der Waals surface area contributed by atoms with Crippen molar-refractivity contribution >= 4 is 17.6 Å². The van der Waals surface area contributed by atoms with E-state index in [0.29, 0.717) is 49.9 Å². The maximum atomic E-state index is 12.9. The van der Waals surface area contributed by atoms with Crippen molar-refractivity contribution in [2.45, 2.75) is 6.54 Å². The van der Waals surface area contributed by atoms with Crippen LogP contribution in [0.5, 0.6) is 0 Å². The minimum atomic E-state index is -0.140. The zero-order valence-corrected chi connectivity index (χ0v) is 16.0. The summed E-state index contributed by atoms with van der Waals surface area (Å²) in [5.74, 6) is 0.790. The fourth-order valence-electron chi connectivity index (χ4n) is 3.30. The Bertz CT molecular complexity index is 965. The van der Waals surface area contributed by atoms with Gasteiger partial charge in [0, 0.05) is 44.5 Å². The Morgan fingerprint density at radius 2 is 1.66 bits per heavy atom. The summed E-state index contributed by atoms with van der Waals surface area (Å²) in [5.41, 5.74) is 1.73. The quantitative estimate of drug-likeness (QED) is 0.725. The molecule has 2 amide bonds. The van der Waals surface area contributed by atoms with Crippen molar-refractivity contribution in [3.63, 3.8) is 0 Å². The van der Waals surface area contributed by atoms with Crippen molar-refractivity contribution in [1.82, 2.24) is 14.8 Å². The molecule has 3 heterocycles. The summed E-state index contributed by atoms with van der Waals surface area (Å²) in [7, 11) is 0. The number of pyridine rings is 1. The summed E-state index contributed by atoms with van der Waals surface area (Å²) in [6, 6.07) is 16.9. The van der Waals surface area contributed by atoms with E-state index < -0.39 is 0 Å². The van der Waals surface area contributed by atoms with Gasteiger partial charge in [-0.2, -0.15) is 0 Å². The summed E-state index contributed by atoms with van der Waals surface area (Å²) < 4.78 is 5.17. The van der Waals surface area contributed by atoms with Crippen molar-refractivity contribution in [3.05, 3.63) is 83.9 Å². The van der Waals surface area contributed by atoms with Crippen LogP contribution < -0.4 is 5.32 Å². The molecule has 7 nitrogen and oxygen atoms in total. The van der Waals surface area contributed by atoms with Gasteiger partial charge in [0.25, 0.3) is 11.8 Å². The minimum absolute atomic E-state index is 0.0553. The first-order valence-electron chi connectivity index (χ1n) is 9.56. The van der Waals surface area contributed by atoms with E-state index in [-0.39, 0.29) is 11.8 Å². The summed E-state index contributed by atoms with van der Waals surface area (Å²) in [6.45, 7) is 2.57. The van der Waals surface area contributed by atoms with Crippen LogP contribution in [0.1, 0.15) is 26.5 Å². The van der Waals surface area contributed by atoms with Gasteiger partial charge < -0.3 is 19.5 Å². The van der Waals surface area contributed by atoms with E-state index in [9.17, 15) is 9.59 Å². The number of nitrogens with zero attached hydrogens (tertiary/aromatic N) is 3. The molecule has 1 saturated heterocycles. The molecule has 0 atom stereocenters. The standard InChI is InChI=1S/C22H22N4O3/c27-21(25-10-12-26(13-11-25)22(28)19-7-4-14-29-19)18-8-9-23-20(15-18)24-16-17-5-2-1-3-6-17/h1-9,14-15H,10-13,16H2,(H,23,24). The van der Waals surface area contributed by atoms with Crippen LogP contribution in [-0.4, -0.2) is 52.8 Å². The Morgan fingerprint density at radius 3 is 2.34 bits per heavy atom. The molecule has 0 spiro atoms. The second kappa shape index (κ2) is 8.60. The summed E-state index contributed by atoms with van der Waals surface area (Å²) in [6.07, 6.45) is 3.12. The number of aromatic nitrogens is 1. The number of carbonyl (C=O) groups excluding carboxylic acids is 2. The first-order valence-corrected chi connectivity index (χ1v) is 9.56. The molecule has 1 aromatic carbocycles. The number of rotatable bonds is 5. The van der Waals surface area contributed by atoms with Gasteiger partial charge in [-0.15, -0.1) is 0 Å². The first kappa shape index (κ1) is 18.7. The molecular formula is C22H22N4O3. The van der Waals surface area contributed by atoms with Gasteiger partial charge in [0.05, 0.1) is 6.26 Å². The van der Waals surface area contributed by atoms with Crippen molar-refractivity contribution in [2.75, 3.05) is 31.5 Å². The molecule has 0 aliphatic carbocycles. The van der Waals surface area contributed by atoms with E-state index in [1.54, 1.807) is 40.3 Å². The number of benzene rings is 1. The Labute approximate surface area is 169 Å². The third kappa shape index (κ3) is 4.45. The molecule has 0 radical (unpaired) electrons. The average molecular weight is 390 g/mol. The van der Waals surface area contributed by atoms with E-state index in [0.717, 1.165) is 5.56 Å². The van der Waals surface area contributed by atoms with Gasteiger partial charge in [-0.1, -0.05) is 30.3 Å². The summed E-state index contributed by atoms with van der Waals surface area (Å²) in [4.78, 5) is 33.0. The molecule has 3 aromatic rings. The lowest BCUT2D eigenvalue weighted by Crippen LogP contribution is -2.50. The normalized spacial score (nSPS) is 13.9. The Kier molecular flexibility index (Phi) is 5.56. The monoisotopic (exact) mass is 390 g/mol. The molecule has 1 fully saturated rings. The highest BCUT2D eigenvalue weighted by Gasteiger charge is 2.26. The van der Waals surface area contributed by atoms with E-state index in [1.165, 1.54) is 6.26 Å². The van der Waals surface area contributed by atoms with Crippen molar-refractivity contribution < 1.29 is 14.0 Å². The molecule has 0 saturated carbocycles. The molecule has 0 bridgehead atoms. The molecular weight excluding hydrogens is 368 g/mol. The highest BCUT2D eigenvalue weighted by Crippen LogP contribution is 2.14. The number of nitrogens with one attached hydrogen (secondary N) is 1. The third-order valence-corrected chi connectivity index (χ3v) is 4.91. The number of furan rings is 1. The maximum Gasteiger partial charge on any atom is 0.289 e. The van der Waals surface area contributed by atoms with Gasteiger partial charge in [-0.25, -0.2) is 4.98 Å². The number of amides is 2. The average Bonchev–Trinajstić information content (AvgIpc) is 3.33. The van der Waals surface area contributed by atoms with Crippen LogP contribution >= 0.6 is 0 Å². The Hall–Kier alpha value is -3.61. The zero-order chi connectivity index (χ0) is 20.1. The first-order chi connectivity index (χ1) is 14.2. The highest BCUT2D eigenvalue weighted by atomic mass is 16.3. The zero-order valence-electron chi connectivity index (χ0n) is 16.0. The predicted molar refractivity (Wildman–Crippen MR) is 109 cm³/mol. The number of anilines is 1. The maximum absolute atomic E-state index is 12.9. The van der Waals surface area contributed by atoms with E-state index in [4.69, 9.17) is 4.42 Å². The Balaban J connectivity index is 1.34. The van der Waals surface area contributed by atoms with E-state index in [2.05, 4.69) is 10.3 Å². The lowest BCUT2D eigenvalue weighted by atomic mass is 10.2. The second-order valence-electron chi connectivity index (χ2n) is 6.83. The SMILES string of the molecule is O=C(c1ccnc(NCc2ccccc2)c1)N1CCN(C(=O)c2ccco2)CC1. The Morgan fingerprint density at radius 1 is 0.931 bits per heavy atom. The number of hydrogen-bond donors (Lipinski definition) is 1. The smallest absolute Gasteiger partial charge is 0.289 e. The van der Waals surface area contributed by atoms with Gasteiger partial charge in [-0.3, -0.25) is 9.59 Å². The third-order valence-electron chi connectivity index (χ3n) is 4.91. The van der Waals surface area contributed by atoms with Crippen LogP contribution in [0, 0.1) is 0 Å². The van der Waals surface area contributed by atoms with Crippen LogP contribution in [0.25, 0.3) is 0 Å². The van der Waals surface area contributed by atoms with Crippen molar-refractivity contribution in [2.24, 2.45) is 0 Å². The summed E-state index contributed by atoms with van der Waals surface area (Å²) >= 11 is 0. The lowest BCUT2D eigenvalue weighted by molar-refractivity contribution is 0.0518. The molecule has 4 rings (SSSR count). The van der Waals surface area contributed by atoms with Crippen molar-refractivity contribution in [3.8, 4) is 0 Å². The van der Waals surface area contributed by atoms with Gasteiger partial charge in [-0.05, 0) is 29.8 Å². The van der Waals surface area contributed by atoms with Crippen LogP contribution in [0.4, 0.5) is 5.82 Å². The van der Waals surface area contributed by atoms with Crippen LogP contribution in [0.3, 0.4) is 0 Å².